The number of hydrogen-bond acceptors (Lipinski definition) is 2. The number of nitriles is 1. The molecule has 0 spiro atoms. The van der Waals surface area contributed by atoms with E-state index in [2.05, 4.69) is 24.9 Å². The van der Waals surface area contributed by atoms with E-state index in [1.165, 1.54) is 6.42 Å². The Morgan fingerprint density at radius 2 is 2.10 bits per heavy atom. The SMILES string of the molecule is CCCN(C)CCCC#N. The Bertz CT molecular complexity index is 104. The first-order valence-electron chi connectivity index (χ1n) is 3.86. The first-order chi connectivity index (χ1) is 4.81. The van der Waals surface area contributed by atoms with Gasteiger partial charge in [0.1, 0.15) is 0 Å². The molecule has 0 aromatic heterocycles. The Labute approximate surface area is 63.4 Å². The zero-order valence-corrected chi connectivity index (χ0v) is 6.93. The molecule has 0 aliphatic rings. The maximum atomic E-state index is 8.24. The van der Waals surface area contributed by atoms with Crippen LogP contribution < -0.4 is 0 Å². The van der Waals surface area contributed by atoms with Crippen LogP contribution in [0.3, 0.4) is 0 Å². The molecule has 0 saturated heterocycles. The number of unbranched alkanes of at least 4 members (excludes halogenated alkanes) is 1. The fraction of sp³-hybridized carbons (Fsp3) is 0.875. The number of nitrogens with zero attached hydrogens (tertiary/aromatic N) is 2. The molecule has 0 heterocycles. The molecule has 0 unspecified atom stereocenters. The van der Waals surface area contributed by atoms with Crippen molar-refractivity contribution in [2.75, 3.05) is 20.1 Å². The zero-order valence-electron chi connectivity index (χ0n) is 6.93. The van der Waals surface area contributed by atoms with Gasteiger partial charge in [0.2, 0.25) is 0 Å². The van der Waals surface area contributed by atoms with Gasteiger partial charge >= 0.3 is 0 Å². The first-order valence-corrected chi connectivity index (χ1v) is 3.86. The molecule has 0 rings (SSSR count). The lowest BCUT2D eigenvalue weighted by Gasteiger charge is -2.13. The molecule has 0 N–H and O–H groups in total. The lowest BCUT2D eigenvalue weighted by Crippen LogP contribution is -2.20. The Kier molecular flexibility index (Phi) is 6.21. The molecule has 0 bridgehead atoms. The smallest absolute Gasteiger partial charge is 0.0622 e. The first kappa shape index (κ1) is 9.45. The van der Waals surface area contributed by atoms with Crippen molar-refractivity contribution in [2.45, 2.75) is 26.2 Å². The molecule has 0 aliphatic carbocycles. The molecular weight excluding hydrogens is 124 g/mol. The second-order valence-corrected chi connectivity index (χ2v) is 2.56. The highest BCUT2D eigenvalue weighted by molar-refractivity contribution is 4.69. The van der Waals surface area contributed by atoms with Gasteiger partial charge in [-0.05, 0) is 33.0 Å². The predicted octanol–water partition coefficient (Wildman–Crippen LogP) is 1.63. The van der Waals surface area contributed by atoms with Gasteiger partial charge in [0.15, 0.2) is 0 Å². The van der Waals surface area contributed by atoms with Crippen LogP contribution in [0.15, 0.2) is 0 Å². The van der Waals surface area contributed by atoms with Crippen molar-refractivity contribution in [2.24, 2.45) is 0 Å². The third kappa shape index (κ3) is 5.58. The van der Waals surface area contributed by atoms with Crippen LogP contribution in [0, 0.1) is 11.3 Å². The molecule has 10 heavy (non-hydrogen) atoms. The summed E-state index contributed by atoms with van der Waals surface area (Å²) in [6, 6.07) is 2.14. The molecule has 0 atom stereocenters. The molecule has 0 aromatic rings. The maximum absolute atomic E-state index is 8.24. The Balaban J connectivity index is 3.06. The van der Waals surface area contributed by atoms with Crippen molar-refractivity contribution >= 4 is 0 Å². The van der Waals surface area contributed by atoms with Gasteiger partial charge in [-0.3, -0.25) is 0 Å². The molecule has 0 amide bonds. The molecule has 0 radical (unpaired) electrons. The molecule has 58 valence electrons. The summed E-state index contributed by atoms with van der Waals surface area (Å²) >= 11 is 0. The van der Waals surface area contributed by atoms with E-state index in [9.17, 15) is 0 Å². The van der Waals surface area contributed by atoms with Crippen LogP contribution in [0.4, 0.5) is 0 Å². The van der Waals surface area contributed by atoms with Crippen LogP contribution in [0.5, 0.6) is 0 Å². The van der Waals surface area contributed by atoms with Crippen LogP contribution in [-0.2, 0) is 0 Å². The zero-order chi connectivity index (χ0) is 7.82. The fourth-order valence-corrected chi connectivity index (χ4v) is 0.922. The molecule has 0 fully saturated rings. The van der Waals surface area contributed by atoms with Crippen LogP contribution in [0.1, 0.15) is 26.2 Å². The second kappa shape index (κ2) is 6.57. The number of rotatable bonds is 5. The van der Waals surface area contributed by atoms with Crippen LogP contribution >= 0.6 is 0 Å². The Morgan fingerprint density at radius 1 is 1.40 bits per heavy atom. The van der Waals surface area contributed by atoms with Crippen molar-refractivity contribution in [3.05, 3.63) is 0 Å². The molecular formula is C8H16N2. The van der Waals surface area contributed by atoms with E-state index in [0.29, 0.717) is 6.42 Å². The minimum absolute atomic E-state index is 0.689. The highest BCUT2D eigenvalue weighted by atomic mass is 15.1. The van der Waals surface area contributed by atoms with Gasteiger partial charge in [-0.15, -0.1) is 0 Å². The largest absolute Gasteiger partial charge is 0.306 e. The standard InChI is InChI=1S/C8H16N2/c1-3-7-10(2)8-5-4-6-9/h3-5,7-8H2,1-2H3. The summed E-state index contributed by atoms with van der Waals surface area (Å²) in [6.07, 6.45) is 2.89. The quantitative estimate of drug-likeness (QED) is 0.543. The maximum Gasteiger partial charge on any atom is 0.0622 e. The average molecular weight is 140 g/mol. The van der Waals surface area contributed by atoms with Gasteiger partial charge in [-0.1, -0.05) is 6.92 Å². The van der Waals surface area contributed by atoms with Crippen LogP contribution in [0.2, 0.25) is 0 Å². The fourth-order valence-electron chi connectivity index (χ4n) is 0.922. The summed E-state index contributed by atoms with van der Waals surface area (Å²) in [4.78, 5) is 2.26. The molecule has 0 aromatic carbocycles. The lowest BCUT2D eigenvalue weighted by atomic mass is 10.3. The van der Waals surface area contributed by atoms with Gasteiger partial charge in [-0.2, -0.15) is 5.26 Å². The molecule has 0 saturated carbocycles. The average Bonchev–Trinajstić information content (AvgIpc) is 1.89. The third-order valence-electron chi connectivity index (χ3n) is 1.43. The third-order valence-corrected chi connectivity index (χ3v) is 1.43. The van der Waals surface area contributed by atoms with Gasteiger partial charge in [-0.25, -0.2) is 0 Å². The Morgan fingerprint density at radius 3 is 2.60 bits per heavy atom. The van der Waals surface area contributed by atoms with Gasteiger partial charge in [0, 0.05) is 6.42 Å². The molecule has 0 aliphatic heterocycles. The van der Waals surface area contributed by atoms with Gasteiger partial charge in [0.05, 0.1) is 6.07 Å². The Hall–Kier alpha value is -0.550. The summed E-state index contributed by atoms with van der Waals surface area (Å²) < 4.78 is 0. The lowest BCUT2D eigenvalue weighted by molar-refractivity contribution is 0.331. The van der Waals surface area contributed by atoms with Crippen LogP contribution in [0.25, 0.3) is 0 Å². The second-order valence-electron chi connectivity index (χ2n) is 2.56. The highest BCUT2D eigenvalue weighted by Gasteiger charge is 1.93. The van der Waals surface area contributed by atoms with E-state index < -0.39 is 0 Å². The molecule has 2 nitrogen and oxygen atoms in total. The van der Waals surface area contributed by atoms with Crippen molar-refractivity contribution in [3.63, 3.8) is 0 Å². The van der Waals surface area contributed by atoms with Gasteiger partial charge < -0.3 is 4.90 Å². The van der Waals surface area contributed by atoms with Gasteiger partial charge in [0.25, 0.3) is 0 Å². The van der Waals surface area contributed by atoms with Crippen molar-refractivity contribution in [1.82, 2.24) is 4.90 Å². The molecule has 2 heteroatoms. The normalized spacial score (nSPS) is 9.80. The summed E-state index contributed by atoms with van der Waals surface area (Å²) in [5, 5.41) is 8.24. The minimum Gasteiger partial charge on any atom is -0.306 e. The van der Waals surface area contributed by atoms with Crippen molar-refractivity contribution in [3.8, 4) is 6.07 Å². The summed E-state index contributed by atoms with van der Waals surface area (Å²) in [5.74, 6) is 0. The summed E-state index contributed by atoms with van der Waals surface area (Å²) in [6.45, 7) is 4.37. The predicted molar refractivity (Wildman–Crippen MR) is 42.6 cm³/mol. The van der Waals surface area contributed by atoms with E-state index in [1.54, 1.807) is 0 Å². The monoisotopic (exact) mass is 140 g/mol. The topological polar surface area (TPSA) is 27.0 Å². The van der Waals surface area contributed by atoms with E-state index >= 15 is 0 Å². The van der Waals surface area contributed by atoms with E-state index in [-0.39, 0.29) is 0 Å². The summed E-state index contributed by atoms with van der Waals surface area (Å²) in [5.41, 5.74) is 0. The van der Waals surface area contributed by atoms with E-state index in [0.717, 1.165) is 19.5 Å². The highest BCUT2D eigenvalue weighted by Crippen LogP contribution is 1.91. The van der Waals surface area contributed by atoms with E-state index in [1.807, 2.05) is 0 Å². The number of hydrogen-bond donors (Lipinski definition) is 0. The van der Waals surface area contributed by atoms with Crippen LogP contribution in [-0.4, -0.2) is 25.0 Å². The van der Waals surface area contributed by atoms with Crippen molar-refractivity contribution < 1.29 is 0 Å². The van der Waals surface area contributed by atoms with Crippen molar-refractivity contribution in [1.29, 1.82) is 5.26 Å². The van der Waals surface area contributed by atoms with E-state index in [4.69, 9.17) is 5.26 Å². The summed E-state index contributed by atoms with van der Waals surface area (Å²) in [7, 11) is 2.10. The minimum atomic E-state index is 0.689.